The van der Waals surface area contributed by atoms with Crippen molar-refractivity contribution in [3.63, 3.8) is 0 Å². The number of hydrogen-bond donors (Lipinski definition) is 1. The highest BCUT2D eigenvalue weighted by Gasteiger charge is 2.18. The Morgan fingerprint density at radius 3 is 2.74 bits per heavy atom. The number of nitrogens with zero attached hydrogens (tertiary/aromatic N) is 2. The summed E-state index contributed by atoms with van der Waals surface area (Å²) in [6.07, 6.45) is 3.70. The van der Waals surface area contributed by atoms with Crippen LogP contribution in [0, 0.1) is 0 Å². The predicted molar refractivity (Wildman–Crippen MR) is 70.4 cm³/mol. The van der Waals surface area contributed by atoms with Gasteiger partial charge in [0.05, 0.1) is 13.5 Å². The van der Waals surface area contributed by atoms with E-state index in [9.17, 15) is 13.2 Å². The van der Waals surface area contributed by atoms with Gasteiger partial charge in [0, 0.05) is 39.6 Å². The molecule has 0 atom stereocenters. The number of nitrogens with one attached hydrogen (secondary N) is 1. The molecule has 7 nitrogen and oxygen atoms in total. The molecule has 1 heterocycles. The Balaban J connectivity index is 2.48. The van der Waals surface area contributed by atoms with Crippen molar-refractivity contribution in [1.82, 2.24) is 13.6 Å². The summed E-state index contributed by atoms with van der Waals surface area (Å²) in [7, 11) is 0.956. The molecule has 0 radical (unpaired) electrons. The lowest BCUT2D eigenvalue weighted by Crippen LogP contribution is -2.38. The van der Waals surface area contributed by atoms with Gasteiger partial charge in [-0.05, 0) is 11.6 Å². The van der Waals surface area contributed by atoms with E-state index in [0.717, 1.165) is 9.87 Å². The lowest BCUT2D eigenvalue weighted by Gasteiger charge is -2.16. The van der Waals surface area contributed by atoms with Crippen LogP contribution in [0.1, 0.15) is 12.0 Å². The first-order chi connectivity index (χ1) is 8.85. The van der Waals surface area contributed by atoms with Crippen molar-refractivity contribution in [1.29, 1.82) is 0 Å². The third kappa shape index (κ3) is 5.01. The van der Waals surface area contributed by atoms with E-state index in [-0.39, 0.29) is 19.5 Å². The van der Waals surface area contributed by atoms with Gasteiger partial charge in [0.15, 0.2) is 0 Å². The Kier molecular flexibility index (Phi) is 5.52. The van der Waals surface area contributed by atoms with Crippen LogP contribution in [0.3, 0.4) is 0 Å². The Morgan fingerprint density at radius 1 is 1.53 bits per heavy atom. The van der Waals surface area contributed by atoms with Crippen LogP contribution in [0.4, 0.5) is 0 Å². The predicted octanol–water partition coefficient (Wildman–Crippen LogP) is -0.146. The van der Waals surface area contributed by atoms with Crippen molar-refractivity contribution in [3.05, 3.63) is 24.0 Å². The van der Waals surface area contributed by atoms with Crippen LogP contribution in [-0.2, 0) is 33.3 Å². The number of methoxy groups -OCH3 is 1. The fourth-order valence-electron chi connectivity index (χ4n) is 1.42. The molecule has 19 heavy (non-hydrogen) atoms. The summed E-state index contributed by atoms with van der Waals surface area (Å²) in [5.74, 6) is -0.440. The van der Waals surface area contributed by atoms with Gasteiger partial charge in [-0.25, -0.2) is 0 Å². The van der Waals surface area contributed by atoms with E-state index >= 15 is 0 Å². The minimum atomic E-state index is -3.59. The molecule has 0 saturated carbocycles. The third-order valence-electron chi connectivity index (χ3n) is 2.62. The van der Waals surface area contributed by atoms with Crippen molar-refractivity contribution in [2.75, 3.05) is 20.7 Å². The second-order valence-corrected chi connectivity index (χ2v) is 6.02. The number of ether oxygens (including phenoxy) is 1. The summed E-state index contributed by atoms with van der Waals surface area (Å²) < 4.78 is 33.6. The first-order valence-corrected chi connectivity index (χ1v) is 7.17. The molecular formula is C11H19N3O4S. The van der Waals surface area contributed by atoms with E-state index in [1.54, 1.807) is 0 Å². The van der Waals surface area contributed by atoms with Crippen LogP contribution in [0.25, 0.3) is 0 Å². The van der Waals surface area contributed by atoms with E-state index in [0.29, 0.717) is 0 Å². The first-order valence-electron chi connectivity index (χ1n) is 5.73. The largest absolute Gasteiger partial charge is 0.469 e. The molecule has 0 aliphatic rings. The second kappa shape index (κ2) is 6.69. The van der Waals surface area contributed by atoms with E-state index in [2.05, 4.69) is 9.46 Å². The number of rotatable bonds is 7. The zero-order valence-electron chi connectivity index (χ0n) is 11.3. The minimum absolute atomic E-state index is 0.0270. The highest BCUT2D eigenvalue weighted by Crippen LogP contribution is 2.02. The van der Waals surface area contributed by atoms with Crippen LogP contribution in [0.15, 0.2) is 18.5 Å². The van der Waals surface area contributed by atoms with Crippen LogP contribution in [0.2, 0.25) is 0 Å². The Labute approximate surface area is 113 Å². The van der Waals surface area contributed by atoms with Crippen molar-refractivity contribution in [3.8, 4) is 0 Å². The van der Waals surface area contributed by atoms with Gasteiger partial charge in [0.25, 0.3) is 10.2 Å². The Bertz CT molecular complexity index is 524. The molecule has 1 aromatic heterocycles. The average Bonchev–Trinajstić information content (AvgIpc) is 2.79. The van der Waals surface area contributed by atoms with Gasteiger partial charge in [0.1, 0.15) is 0 Å². The molecule has 0 fully saturated rings. The van der Waals surface area contributed by atoms with E-state index < -0.39 is 16.2 Å². The van der Waals surface area contributed by atoms with Gasteiger partial charge in [-0.1, -0.05) is 0 Å². The maximum absolute atomic E-state index is 11.9. The van der Waals surface area contributed by atoms with Gasteiger partial charge in [-0.15, -0.1) is 0 Å². The molecular weight excluding hydrogens is 270 g/mol. The number of hydrogen-bond acceptors (Lipinski definition) is 4. The highest BCUT2D eigenvalue weighted by atomic mass is 32.2. The van der Waals surface area contributed by atoms with Crippen LogP contribution < -0.4 is 4.72 Å². The maximum atomic E-state index is 11.9. The van der Waals surface area contributed by atoms with Crippen molar-refractivity contribution >= 4 is 16.2 Å². The summed E-state index contributed by atoms with van der Waals surface area (Å²) in [4.78, 5) is 11.0. The fraction of sp³-hybridized carbons (Fsp3) is 0.545. The molecule has 0 unspecified atom stereocenters. The summed E-state index contributed by atoms with van der Waals surface area (Å²) in [5, 5.41) is 0. The van der Waals surface area contributed by atoms with Crippen molar-refractivity contribution in [2.45, 2.75) is 13.0 Å². The normalized spacial score (nSPS) is 11.8. The van der Waals surface area contributed by atoms with Gasteiger partial charge in [-0.3, -0.25) is 4.79 Å². The first kappa shape index (κ1) is 15.7. The molecule has 0 amide bonds. The summed E-state index contributed by atoms with van der Waals surface area (Å²) in [6, 6.07) is 1.83. The van der Waals surface area contributed by atoms with Gasteiger partial charge in [0.2, 0.25) is 0 Å². The van der Waals surface area contributed by atoms with Crippen LogP contribution >= 0.6 is 0 Å². The molecule has 1 N–H and O–H groups in total. The number of carbonyl (C=O) groups is 1. The highest BCUT2D eigenvalue weighted by molar-refractivity contribution is 7.87. The van der Waals surface area contributed by atoms with Gasteiger partial charge >= 0.3 is 5.97 Å². The molecule has 0 aliphatic heterocycles. The molecule has 0 aromatic carbocycles. The lowest BCUT2D eigenvalue weighted by atomic mass is 10.4. The van der Waals surface area contributed by atoms with Gasteiger partial charge < -0.3 is 9.30 Å². The van der Waals surface area contributed by atoms with Crippen LogP contribution in [-0.4, -0.2) is 44.0 Å². The summed E-state index contributed by atoms with van der Waals surface area (Å²) in [5.41, 5.74) is 0.868. The Morgan fingerprint density at radius 2 is 2.21 bits per heavy atom. The third-order valence-corrected chi connectivity index (χ3v) is 4.13. The number of aryl methyl sites for hydroxylation is 1. The van der Waals surface area contributed by atoms with E-state index in [4.69, 9.17) is 0 Å². The minimum Gasteiger partial charge on any atom is -0.469 e. The second-order valence-electron chi connectivity index (χ2n) is 4.16. The molecule has 0 aliphatic carbocycles. The molecule has 0 spiro atoms. The number of esters is 1. The monoisotopic (exact) mass is 289 g/mol. The summed E-state index contributed by atoms with van der Waals surface area (Å²) in [6.45, 7) is 0.294. The van der Waals surface area contributed by atoms with Crippen molar-refractivity contribution < 1.29 is 17.9 Å². The standard InChI is InChI=1S/C11H19N3O4S/c1-13-6-4-10(9-13)8-12-19(16,17)14(2)7-5-11(15)18-3/h4,6,9,12H,5,7-8H2,1-3H3. The van der Waals surface area contributed by atoms with E-state index in [1.807, 2.05) is 30.1 Å². The average molecular weight is 289 g/mol. The fourth-order valence-corrected chi connectivity index (χ4v) is 2.32. The molecule has 0 bridgehead atoms. The maximum Gasteiger partial charge on any atom is 0.306 e. The lowest BCUT2D eigenvalue weighted by molar-refractivity contribution is -0.140. The molecule has 108 valence electrons. The number of aromatic nitrogens is 1. The van der Waals surface area contributed by atoms with Crippen LogP contribution in [0.5, 0.6) is 0 Å². The van der Waals surface area contributed by atoms with Gasteiger partial charge in [-0.2, -0.15) is 17.4 Å². The van der Waals surface area contributed by atoms with Crippen molar-refractivity contribution in [2.24, 2.45) is 7.05 Å². The zero-order chi connectivity index (χ0) is 14.5. The quantitative estimate of drug-likeness (QED) is 0.708. The number of carbonyl (C=O) groups excluding carboxylic acids is 1. The molecule has 0 saturated heterocycles. The molecule has 8 heteroatoms. The zero-order valence-corrected chi connectivity index (χ0v) is 12.1. The molecule has 1 rings (SSSR count). The Hall–Kier alpha value is -1.38. The smallest absolute Gasteiger partial charge is 0.306 e. The topological polar surface area (TPSA) is 80.6 Å². The summed E-state index contributed by atoms with van der Waals surface area (Å²) >= 11 is 0. The van der Waals surface area contributed by atoms with E-state index in [1.165, 1.54) is 14.2 Å². The molecule has 1 aromatic rings. The SMILES string of the molecule is COC(=O)CCN(C)S(=O)(=O)NCc1ccn(C)c1.